The number of carbonyl (C=O) groups excluding carboxylic acids is 4. The highest BCUT2D eigenvalue weighted by Crippen LogP contribution is 2.60. The minimum atomic E-state index is -0.852. The second-order valence-electron chi connectivity index (χ2n) is 7.84. The third kappa shape index (κ3) is 2.07. The largest absolute Gasteiger partial charge is 0.334 e. The Morgan fingerprint density at radius 3 is 1.87 bits per heavy atom. The first-order valence-corrected chi connectivity index (χ1v) is 8.64. The van der Waals surface area contributed by atoms with E-state index < -0.39 is 17.8 Å². The molecule has 0 N–H and O–H groups in total. The van der Waals surface area contributed by atoms with Crippen LogP contribution >= 0.6 is 0 Å². The van der Waals surface area contributed by atoms with E-state index in [0.29, 0.717) is 17.8 Å². The summed E-state index contributed by atoms with van der Waals surface area (Å²) in [5.41, 5.74) is -0.349. The fourth-order valence-electron chi connectivity index (χ4n) is 5.73. The number of hydrogen-bond acceptors (Lipinski definition) is 4. The first-order chi connectivity index (χ1) is 10.9. The van der Waals surface area contributed by atoms with Crippen LogP contribution in [0.5, 0.6) is 0 Å². The lowest BCUT2D eigenvalue weighted by molar-refractivity contribution is -0.148. The van der Waals surface area contributed by atoms with Gasteiger partial charge in [0.15, 0.2) is 5.78 Å². The predicted molar refractivity (Wildman–Crippen MR) is 80.1 cm³/mol. The lowest BCUT2D eigenvalue weighted by atomic mass is 9.48. The maximum atomic E-state index is 13.0. The second-order valence-corrected chi connectivity index (χ2v) is 7.84. The maximum Gasteiger partial charge on any atom is 0.334 e. The van der Waals surface area contributed by atoms with Gasteiger partial charge in [0.2, 0.25) is 0 Å². The van der Waals surface area contributed by atoms with Gasteiger partial charge in [-0.25, -0.2) is 9.69 Å². The molecule has 0 aromatic heterocycles. The number of carbonyl (C=O) groups is 4. The summed E-state index contributed by atoms with van der Waals surface area (Å²) in [6, 6.07) is -0.638. The quantitative estimate of drug-likeness (QED) is 0.582. The normalized spacial score (nSPS) is 38.8. The fourth-order valence-corrected chi connectivity index (χ4v) is 5.73. The van der Waals surface area contributed by atoms with Crippen molar-refractivity contribution in [3.63, 3.8) is 0 Å². The van der Waals surface area contributed by atoms with Gasteiger partial charge in [0.25, 0.3) is 0 Å². The first kappa shape index (κ1) is 14.8. The zero-order valence-electron chi connectivity index (χ0n) is 13.4. The lowest BCUT2D eigenvalue weighted by Gasteiger charge is -2.56. The van der Waals surface area contributed by atoms with Crippen molar-refractivity contribution in [1.82, 2.24) is 9.80 Å². The molecule has 0 spiro atoms. The van der Waals surface area contributed by atoms with E-state index in [2.05, 4.69) is 0 Å². The Bertz CT molecular complexity index is 576. The summed E-state index contributed by atoms with van der Waals surface area (Å²) in [5.74, 6) is 0.214. The van der Waals surface area contributed by atoms with Crippen molar-refractivity contribution in [3.8, 4) is 0 Å². The molecule has 0 aromatic rings. The molecular formula is C17H22N2O4. The summed E-state index contributed by atoms with van der Waals surface area (Å²) < 4.78 is 0. The molecule has 1 saturated heterocycles. The van der Waals surface area contributed by atoms with Crippen molar-refractivity contribution < 1.29 is 19.2 Å². The third-order valence-electron chi connectivity index (χ3n) is 6.38. The molecule has 4 bridgehead atoms. The number of amides is 4. The number of nitrogens with zero attached hydrogens (tertiary/aromatic N) is 2. The molecule has 1 heterocycles. The van der Waals surface area contributed by atoms with Crippen molar-refractivity contribution in [1.29, 1.82) is 0 Å². The van der Waals surface area contributed by atoms with Crippen molar-refractivity contribution >= 4 is 23.6 Å². The summed E-state index contributed by atoms with van der Waals surface area (Å²) in [5, 5.41) is 0. The average molecular weight is 318 g/mol. The molecule has 5 rings (SSSR count). The Hall–Kier alpha value is -1.72. The molecule has 0 atom stereocenters. The minimum absolute atomic E-state index is 0.0101. The van der Waals surface area contributed by atoms with Gasteiger partial charge in [0.05, 0.1) is 6.54 Å². The van der Waals surface area contributed by atoms with E-state index in [1.165, 1.54) is 19.3 Å². The number of imide groups is 2. The molecule has 124 valence electrons. The van der Waals surface area contributed by atoms with Gasteiger partial charge in [-0.05, 0) is 63.2 Å². The molecule has 4 aliphatic carbocycles. The SMILES string of the molecule is CCN1C(=O)C(=O)N(CC(=O)C23CC4CC(CC(C4)C2)C3)C1=O. The van der Waals surface area contributed by atoms with Crippen molar-refractivity contribution in [2.45, 2.75) is 45.4 Å². The van der Waals surface area contributed by atoms with Gasteiger partial charge >= 0.3 is 17.8 Å². The van der Waals surface area contributed by atoms with Crippen LogP contribution in [0.3, 0.4) is 0 Å². The van der Waals surface area contributed by atoms with Gasteiger partial charge in [-0.2, -0.15) is 0 Å². The predicted octanol–water partition coefficient (Wildman–Crippen LogP) is 1.58. The van der Waals surface area contributed by atoms with Crippen LogP contribution in [0.25, 0.3) is 0 Å². The van der Waals surface area contributed by atoms with Gasteiger partial charge in [-0.3, -0.25) is 19.3 Å². The smallest absolute Gasteiger partial charge is 0.297 e. The number of ketones is 1. The molecule has 23 heavy (non-hydrogen) atoms. The Kier molecular flexibility index (Phi) is 3.15. The molecule has 4 saturated carbocycles. The summed E-state index contributed by atoms with van der Waals surface area (Å²) >= 11 is 0. The summed E-state index contributed by atoms with van der Waals surface area (Å²) in [7, 11) is 0. The molecular weight excluding hydrogens is 296 g/mol. The van der Waals surface area contributed by atoms with Crippen LogP contribution in [0.15, 0.2) is 0 Å². The zero-order valence-corrected chi connectivity index (χ0v) is 13.4. The zero-order chi connectivity index (χ0) is 16.4. The number of hydrogen-bond donors (Lipinski definition) is 0. The molecule has 6 heteroatoms. The second kappa shape index (κ2) is 4.89. The van der Waals surface area contributed by atoms with E-state index in [1.54, 1.807) is 6.92 Å². The Balaban J connectivity index is 1.53. The van der Waals surface area contributed by atoms with Crippen molar-refractivity contribution in [2.24, 2.45) is 23.2 Å². The summed E-state index contributed by atoms with van der Waals surface area (Å²) in [4.78, 5) is 50.7. The molecule has 5 aliphatic rings. The van der Waals surface area contributed by atoms with Crippen LogP contribution in [0.1, 0.15) is 45.4 Å². The minimum Gasteiger partial charge on any atom is -0.297 e. The number of likely N-dealkylation sites (N-methyl/N-ethyl adjacent to an activating group) is 1. The summed E-state index contributed by atoms with van der Waals surface area (Å²) in [6.07, 6.45) is 6.40. The lowest BCUT2D eigenvalue weighted by Crippen LogP contribution is -2.53. The van der Waals surface area contributed by atoms with E-state index >= 15 is 0 Å². The van der Waals surface area contributed by atoms with E-state index in [-0.39, 0.29) is 24.3 Å². The maximum absolute atomic E-state index is 13.0. The monoisotopic (exact) mass is 318 g/mol. The van der Waals surface area contributed by atoms with Crippen LogP contribution in [-0.2, 0) is 14.4 Å². The number of urea groups is 1. The van der Waals surface area contributed by atoms with Gasteiger partial charge in [-0.15, -0.1) is 0 Å². The Labute approximate surface area is 135 Å². The average Bonchev–Trinajstić information content (AvgIpc) is 2.69. The Morgan fingerprint density at radius 2 is 1.43 bits per heavy atom. The van der Waals surface area contributed by atoms with Crippen LogP contribution in [0.4, 0.5) is 4.79 Å². The standard InChI is InChI=1S/C17H22N2O4/c1-2-18-14(21)15(22)19(16(18)23)9-13(20)17-6-10-3-11(7-17)5-12(4-10)8-17/h10-12H,2-9H2,1H3. The topological polar surface area (TPSA) is 74.8 Å². The van der Waals surface area contributed by atoms with E-state index in [0.717, 1.165) is 29.1 Å². The molecule has 0 radical (unpaired) electrons. The van der Waals surface area contributed by atoms with Crippen molar-refractivity contribution in [3.05, 3.63) is 0 Å². The van der Waals surface area contributed by atoms with Gasteiger partial charge in [-0.1, -0.05) is 0 Å². The molecule has 6 nitrogen and oxygen atoms in total. The molecule has 4 amide bonds. The molecule has 5 fully saturated rings. The van der Waals surface area contributed by atoms with Crippen LogP contribution in [-0.4, -0.2) is 46.5 Å². The Morgan fingerprint density at radius 1 is 0.957 bits per heavy atom. The molecule has 0 aromatic carbocycles. The highest BCUT2D eigenvalue weighted by Gasteiger charge is 2.55. The van der Waals surface area contributed by atoms with Crippen LogP contribution in [0, 0.1) is 23.2 Å². The molecule has 1 aliphatic heterocycles. The third-order valence-corrected chi connectivity index (χ3v) is 6.38. The summed E-state index contributed by atoms with van der Waals surface area (Å²) in [6.45, 7) is 1.57. The fraction of sp³-hybridized carbons (Fsp3) is 0.765. The van der Waals surface area contributed by atoms with Crippen LogP contribution < -0.4 is 0 Å². The van der Waals surface area contributed by atoms with Gasteiger partial charge < -0.3 is 0 Å². The van der Waals surface area contributed by atoms with Gasteiger partial charge in [0.1, 0.15) is 0 Å². The number of Topliss-reactive ketones (excluding diaryl/α,β-unsaturated/α-hetero) is 1. The highest BCUT2D eigenvalue weighted by molar-refractivity contribution is 6.45. The molecule has 0 unspecified atom stereocenters. The van der Waals surface area contributed by atoms with Crippen molar-refractivity contribution in [2.75, 3.05) is 13.1 Å². The van der Waals surface area contributed by atoms with E-state index in [4.69, 9.17) is 0 Å². The van der Waals surface area contributed by atoms with Crippen LogP contribution in [0.2, 0.25) is 0 Å². The number of rotatable bonds is 4. The van der Waals surface area contributed by atoms with E-state index in [9.17, 15) is 19.2 Å². The van der Waals surface area contributed by atoms with Gasteiger partial charge in [0, 0.05) is 12.0 Å². The highest BCUT2D eigenvalue weighted by atomic mass is 16.2. The van der Waals surface area contributed by atoms with E-state index in [1.807, 2.05) is 0 Å². The first-order valence-electron chi connectivity index (χ1n) is 8.64.